The maximum Gasteiger partial charge on any atom is 0 e. The van der Waals surface area contributed by atoms with E-state index in [-0.39, 0.29) is 72.7 Å². The molecule has 1 radical (unpaired) electrons. The molecule has 0 aromatic rings. The van der Waals surface area contributed by atoms with E-state index in [0.29, 0.717) is 0 Å². The molecular formula is H6BBiVZn. The van der Waals surface area contributed by atoms with Gasteiger partial charge in [0.15, 0.2) is 0 Å². The van der Waals surface area contributed by atoms with E-state index in [1.807, 2.05) is 0 Å². The van der Waals surface area contributed by atoms with Gasteiger partial charge >= 0.3 is 26.2 Å². The predicted molar refractivity (Wildman–Crippen MR) is 19.9 cm³/mol. The van der Waals surface area contributed by atoms with E-state index >= 15 is 0 Å². The van der Waals surface area contributed by atoms with Crippen LogP contribution in [0.3, 0.4) is 0 Å². The van der Waals surface area contributed by atoms with Crippen LogP contribution < -0.4 is 0 Å². The topological polar surface area (TPSA) is 0 Å². The third-order valence-electron chi connectivity index (χ3n) is 0. The van der Waals surface area contributed by atoms with Crippen molar-refractivity contribution in [1.29, 1.82) is 0 Å². The Bertz CT molecular complexity index is 8.00. The summed E-state index contributed by atoms with van der Waals surface area (Å²) in [6.45, 7) is 0. The van der Waals surface area contributed by atoms with Crippen molar-refractivity contribution in [2.45, 2.75) is 0 Å². The Morgan fingerprint density at radius 2 is 1.00 bits per heavy atom. The second-order valence-electron chi connectivity index (χ2n) is 0. The molecule has 0 atom stereocenters. The maximum absolute atomic E-state index is 0. The predicted octanol–water partition coefficient (Wildman–Crippen LogP) is -2.37. The van der Waals surface area contributed by atoms with Crippen LogP contribution in [0.15, 0.2) is 0 Å². The Hall–Kier alpha value is 2.16. The van der Waals surface area contributed by atoms with Gasteiger partial charge in [-0.3, -0.25) is 0 Å². The second-order valence-corrected chi connectivity index (χ2v) is 0. The van der Waals surface area contributed by atoms with Crippen LogP contribution in [0, 0.1) is 0 Å². The smallest absolute Gasteiger partial charge is 0 e. The van der Waals surface area contributed by atoms with E-state index < -0.39 is 0 Å². The van der Waals surface area contributed by atoms with E-state index in [9.17, 15) is 0 Å². The zero-order valence-corrected chi connectivity index (χ0v) is 11.7. The molecule has 0 aromatic heterocycles. The minimum atomic E-state index is 0. The fourth-order valence-electron chi connectivity index (χ4n) is 0. The largest absolute Gasteiger partial charge is 0 e. The van der Waals surface area contributed by atoms with Gasteiger partial charge < -0.3 is 0 Å². The first-order valence-electron chi connectivity index (χ1n) is 0. The van der Waals surface area contributed by atoms with Crippen molar-refractivity contribution in [3.05, 3.63) is 0 Å². The van der Waals surface area contributed by atoms with Gasteiger partial charge in [0, 0.05) is 38.0 Å². The van der Waals surface area contributed by atoms with Gasteiger partial charge in [0.1, 0.15) is 0 Å². The van der Waals surface area contributed by atoms with Crippen LogP contribution in [0.5, 0.6) is 0 Å². The van der Waals surface area contributed by atoms with Gasteiger partial charge in [-0.2, -0.15) is 0 Å². The summed E-state index contributed by atoms with van der Waals surface area (Å²) in [6, 6.07) is 0. The van der Waals surface area contributed by atoms with Crippen molar-refractivity contribution in [3.63, 3.8) is 0 Å². The molecule has 0 rings (SSSR count). The van der Waals surface area contributed by atoms with Gasteiger partial charge in [0.05, 0.1) is 8.41 Å². The van der Waals surface area contributed by atoms with Crippen molar-refractivity contribution in [2.24, 2.45) is 0 Å². The van der Waals surface area contributed by atoms with E-state index in [0.717, 1.165) is 0 Å². The molecule has 0 aliphatic rings. The van der Waals surface area contributed by atoms with Gasteiger partial charge in [0.25, 0.3) is 0 Å². The number of hydrogen-bond acceptors (Lipinski definition) is 0. The molecule has 0 fully saturated rings. The minimum absolute atomic E-state index is 0. The molecule has 0 aliphatic heterocycles. The van der Waals surface area contributed by atoms with Gasteiger partial charge in [-0.05, 0) is 0 Å². The van der Waals surface area contributed by atoms with Crippen LogP contribution in [0.25, 0.3) is 0 Å². The van der Waals surface area contributed by atoms with Crippen LogP contribution in [0.2, 0.25) is 0 Å². The van der Waals surface area contributed by atoms with Crippen LogP contribution in [0.4, 0.5) is 0 Å². The molecule has 0 unspecified atom stereocenters. The monoisotopic (exact) mass is 341 g/mol. The molecule has 0 amide bonds. The van der Waals surface area contributed by atoms with E-state index in [2.05, 4.69) is 0 Å². The Balaban J connectivity index is 0. The first kappa shape index (κ1) is 35.2. The quantitative estimate of drug-likeness (QED) is 0.432. The zero-order chi connectivity index (χ0) is 0. The third-order valence-corrected chi connectivity index (χ3v) is 0. The number of rotatable bonds is 0. The van der Waals surface area contributed by atoms with Crippen molar-refractivity contribution < 1.29 is 38.0 Å². The fraction of sp³-hybridized carbons (Fsp3) is 0. The molecule has 0 N–H and O–H groups in total. The van der Waals surface area contributed by atoms with Crippen LogP contribution >= 0.6 is 0 Å². The summed E-state index contributed by atoms with van der Waals surface area (Å²) >= 11 is 0. The normalized spacial score (nSPS) is 0. The van der Waals surface area contributed by atoms with Crippen molar-refractivity contribution >= 4 is 34.6 Å². The minimum Gasteiger partial charge on any atom is 0 e. The molecule has 21 valence electrons. The molecule has 4 heteroatoms. The Labute approximate surface area is 71.8 Å². The number of hydrogen-bond donors (Lipinski definition) is 0. The first-order valence-corrected chi connectivity index (χ1v) is 0. The Morgan fingerprint density at radius 1 is 1.00 bits per heavy atom. The van der Waals surface area contributed by atoms with E-state index in [1.165, 1.54) is 0 Å². The first-order chi connectivity index (χ1) is 0. The van der Waals surface area contributed by atoms with Crippen molar-refractivity contribution in [3.8, 4) is 0 Å². The second kappa shape index (κ2) is 19.2. The van der Waals surface area contributed by atoms with Crippen LogP contribution in [0.1, 0.15) is 0 Å². The van der Waals surface area contributed by atoms with Gasteiger partial charge in [0.2, 0.25) is 0 Å². The summed E-state index contributed by atoms with van der Waals surface area (Å²) < 4.78 is 0. The molecule has 0 heterocycles. The fourth-order valence-corrected chi connectivity index (χ4v) is 0. The summed E-state index contributed by atoms with van der Waals surface area (Å²) in [4.78, 5) is 0. The van der Waals surface area contributed by atoms with E-state index in [1.54, 1.807) is 0 Å². The molecular weight excluding hydrogens is 336 g/mol. The molecule has 0 saturated carbocycles. The average Bonchev–Trinajstić information content (AvgIpc) is 0. The van der Waals surface area contributed by atoms with Gasteiger partial charge in [-0.1, -0.05) is 0 Å². The van der Waals surface area contributed by atoms with Gasteiger partial charge in [-0.25, -0.2) is 0 Å². The maximum atomic E-state index is 0. The van der Waals surface area contributed by atoms with Crippen LogP contribution in [-0.4, -0.2) is 34.6 Å². The summed E-state index contributed by atoms with van der Waals surface area (Å²) in [6.07, 6.45) is 0. The SMILES string of the molecule is B.[BiH3].[V].[Zn]. The molecule has 0 aliphatic carbocycles. The van der Waals surface area contributed by atoms with Crippen molar-refractivity contribution in [2.75, 3.05) is 0 Å². The van der Waals surface area contributed by atoms with Crippen LogP contribution in [-0.2, 0) is 38.0 Å². The van der Waals surface area contributed by atoms with Crippen molar-refractivity contribution in [1.82, 2.24) is 0 Å². The average molecular weight is 342 g/mol. The molecule has 0 nitrogen and oxygen atoms in total. The molecule has 0 aromatic carbocycles. The molecule has 0 saturated heterocycles. The molecule has 0 bridgehead atoms. The summed E-state index contributed by atoms with van der Waals surface area (Å²) in [5.41, 5.74) is 0. The summed E-state index contributed by atoms with van der Waals surface area (Å²) in [5, 5.41) is 0. The summed E-state index contributed by atoms with van der Waals surface area (Å²) in [5.74, 6) is 0. The standard InChI is InChI=1S/BH3.Bi.V.Zn.3H/h1H3;;;;;;. The zero-order valence-electron chi connectivity index (χ0n) is 1.86. The Kier molecular flexibility index (Phi) is 169. The van der Waals surface area contributed by atoms with Gasteiger partial charge in [-0.15, -0.1) is 0 Å². The molecule has 0 spiro atoms. The Morgan fingerprint density at radius 3 is 1.00 bits per heavy atom. The molecule has 4 heavy (non-hydrogen) atoms. The third kappa shape index (κ3) is 8.91. The van der Waals surface area contributed by atoms with E-state index in [4.69, 9.17) is 0 Å². The summed E-state index contributed by atoms with van der Waals surface area (Å²) in [7, 11) is 0.